The average Bonchev–Trinajstić information content (AvgIpc) is 2.74. The molecule has 7 heteroatoms. The van der Waals surface area contributed by atoms with Gasteiger partial charge in [0.15, 0.2) is 0 Å². The molecule has 1 aliphatic rings. The summed E-state index contributed by atoms with van der Waals surface area (Å²) >= 11 is 0. The van der Waals surface area contributed by atoms with E-state index in [0.717, 1.165) is 24.7 Å². The van der Waals surface area contributed by atoms with Crippen LogP contribution in [0.4, 0.5) is 16.2 Å². The quantitative estimate of drug-likeness (QED) is 0.321. The fraction of sp³-hybridized carbons (Fsp3) is 0.375. The summed E-state index contributed by atoms with van der Waals surface area (Å²) in [5, 5.41) is 20.6. The van der Waals surface area contributed by atoms with Crippen molar-refractivity contribution >= 4 is 23.1 Å². The highest BCUT2D eigenvalue weighted by Gasteiger charge is 2.24. The van der Waals surface area contributed by atoms with Gasteiger partial charge in [-0.15, -0.1) is 0 Å². The minimum atomic E-state index is -0.580. The van der Waals surface area contributed by atoms with Gasteiger partial charge in [-0.2, -0.15) is 0 Å². The van der Waals surface area contributed by atoms with Crippen LogP contribution in [0.1, 0.15) is 50.7 Å². The number of hydrogen-bond acceptors (Lipinski definition) is 5. The molecule has 2 amide bonds. The first kappa shape index (κ1) is 22.5. The van der Waals surface area contributed by atoms with Crippen LogP contribution in [0.3, 0.4) is 0 Å². The van der Waals surface area contributed by atoms with E-state index in [1.807, 2.05) is 38.1 Å². The van der Waals surface area contributed by atoms with Gasteiger partial charge < -0.3 is 15.1 Å². The number of anilines is 2. The van der Waals surface area contributed by atoms with Crippen molar-refractivity contribution in [2.75, 3.05) is 22.9 Å². The molecule has 166 valence electrons. The fourth-order valence-electron chi connectivity index (χ4n) is 3.95. The first-order valence-electron chi connectivity index (χ1n) is 10.6. The molecule has 2 aromatic carbocycles. The molecule has 1 saturated heterocycles. The minimum absolute atomic E-state index is 0.000853. The number of benzene rings is 2. The molecule has 1 fully saturated rings. The third-order valence-corrected chi connectivity index (χ3v) is 5.93. The third-order valence-electron chi connectivity index (χ3n) is 5.93. The Morgan fingerprint density at radius 3 is 2.32 bits per heavy atom. The summed E-state index contributed by atoms with van der Waals surface area (Å²) in [5.41, 5.74) is 5.07. The van der Waals surface area contributed by atoms with Gasteiger partial charge >= 0.3 is 6.03 Å². The number of carbonyl (C=O) groups excluding carboxylic acids is 1. The molecule has 0 spiro atoms. The molecule has 0 saturated carbocycles. The van der Waals surface area contributed by atoms with Crippen molar-refractivity contribution in [2.45, 2.75) is 39.5 Å². The highest BCUT2D eigenvalue weighted by atomic mass is 16.3. The number of nitrogens with two attached hydrogens (primary N) is 1. The Labute approximate surface area is 183 Å². The lowest BCUT2D eigenvalue weighted by molar-refractivity contribution is 0.249. The van der Waals surface area contributed by atoms with Gasteiger partial charge in [0, 0.05) is 30.4 Å². The predicted octanol–water partition coefficient (Wildman–Crippen LogP) is 4.52. The SMILES string of the molecule is C=C(c1cc(C(C)C)c(O)cc1O)N(C(=O)NN)c1ccc(N2CCC(C)CC2)cc1. The number of hydrogen-bond donors (Lipinski definition) is 4. The zero-order valence-electron chi connectivity index (χ0n) is 18.4. The number of phenolic OH excluding ortho intramolecular Hbond substituents is 2. The van der Waals surface area contributed by atoms with Crippen LogP contribution in [0.2, 0.25) is 0 Å². The van der Waals surface area contributed by atoms with Gasteiger partial charge in [0.1, 0.15) is 11.5 Å². The Balaban J connectivity index is 1.93. The number of aromatic hydroxyl groups is 2. The van der Waals surface area contributed by atoms with Crippen LogP contribution in [0, 0.1) is 5.92 Å². The molecule has 2 aromatic rings. The van der Waals surface area contributed by atoms with Crippen LogP contribution in [0.15, 0.2) is 43.0 Å². The first-order chi connectivity index (χ1) is 14.7. The molecule has 0 unspecified atom stereocenters. The van der Waals surface area contributed by atoms with E-state index in [4.69, 9.17) is 5.84 Å². The molecule has 31 heavy (non-hydrogen) atoms. The maximum Gasteiger partial charge on any atom is 0.340 e. The number of nitrogens with one attached hydrogen (secondary N) is 1. The molecule has 1 heterocycles. The Morgan fingerprint density at radius 1 is 1.16 bits per heavy atom. The van der Waals surface area contributed by atoms with E-state index >= 15 is 0 Å². The van der Waals surface area contributed by atoms with Gasteiger partial charge in [0.05, 0.1) is 11.4 Å². The number of hydrazine groups is 1. The van der Waals surface area contributed by atoms with E-state index in [0.29, 0.717) is 16.8 Å². The van der Waals surface area contributed by atoms with Crippen molar-refractivity contribution in [3.63, 3.8) is 0 Å². The summed E-state index contributed by atoms with van der Waals surface area (Å²) < 4.78 is 0. The Hall–Kier alpha value is -3.19. The maximum absolute atomic E-state index is 12.6. The van der Waals surface area contributed by atoms with Crippen LogP contribution in [0.5, 0.6) is 11.5 Å². The van der Waals surface area contributed by atoms with Crippen LogP contribution in [0.25, 0.3) is 5.70 Å². The van der Waals surface area contributed by atoms with Crippen LogP contribution in [-0.4, -0.2) is 29.3 Å². The second-order valence-corrected chi connectivity index (χ2v) is 8.50. The molecule has 7 nitrogen and oxygen atoms in total. The number of urea groups is 1. The second-order valence-electron chi connectivity index (χ2n) is 8.50. The zero-order chi connectivity index (χ0) is 22.7. The smallest absolute Gasteiger partial charge is 0.340 e. The van der Waals surface area contributed by atoms with Crippen LogP contribution in [-0.2, 0) is 0 Å². The highest BCUT2D eigenvalue weighted by Crippen LogP contribution is 2.38. The molecule has 0 radical (unpaired) electrons. The largest absolute Gasteiger partial charge is 0.508 e. The minimum Gasteiger partial charge on any atom is -0.508 e. The summed E-state index contributed by atoms with van der Waals surface area (Å²) in [4.78, 5) is 16.3. The number of carbonyl (C=O) groups is 1. The average molecular weight is 425 g/mol. The number of nitrogens with zero attached hydrogens (tertiary/aromatic N) is 2. The molecular weight excluding hydrogens is 392 g/mol. The summed E-state index contributed by atoms with van der Waals surface area (Å²) in [6, 6.07) is 9.98. The van der Waals surface area contributed by atoms with Gasteiger partial charge in [-0.05, 0) is 60.6 Å². The molecule has 0 aliphatic carbocycles. The lowest BCUT2D eigenvalue weighted by Crippen LogP contribution is -2.42. The maximum atomic E-state index is 12.6. The van der Waals surface area contributed by atoms with Gasteiger partial charge in [-0.1, -0.05) is 27.4 Å². The lowest BCUT2D eigenvalue weighted by Gasteiger charge is -2.32. The van der Waals surface area contributed by atoms with E-state index in [1.165, 1.54) is 23.8 Å². The van der Waals surface area contributed by atoms with Gasteiger partial charge in [0.2, 0.25) is 0 Å². The van der Waals surface area contributed by atoms with Gasteiger partial charge in [-0.3, -0.25) is 10.3 Å². The Morgan fingerprint density at radius 2 is 1.77 bits per heavy atom. The molecule has 0 bridgehead atoms. The number of amides is 2. The Bertz CT molecular complexity index is 948. The zero-order valence-corrected chi connectivity index (χ0v) is 18.4. The van der Waals surface area contributed by atoms with E-state index < -0.39 is 6.03 Å². The summed E-state index contributed by atoms with van der Waals surface area (Å²) in [6.45, 7) is 12.2. The van der Waals surface area contributed by atoms with E-state index in [-0.39, 0.29) is 23.1 Å². The van der Waals surface area contributed by atoms with Crippen molar-refractivity contribution in [1.29, 1.82) is 0 Å². The van der Waals surface area contributed by atoms with Crippen LogP contribution >= 0.6 is 0 Å². The normalized spacial score (nSPS) is 14.5. The molecule has 3 rings (SSSR count). The van der Waals surface area contributed by atoms with Crippen LogP contribution < -0.4 is 21.1 Å². The second kappa shape index (κ2) is 9.31. The van der Waals surface area contributed by atoms with Crippen molar-refractivity contribution < 1.29 is 15.0 Å². The summed E-state index contributed by atoms with van der Waals surface area (Å²) in [5.74, 6) is 6.04. The molecule has 1 aliphatic heterocycles. The van der Waals surface area contributed by atoms with E-state index in [1.54, 1.807) is 6.07 Å². The van der Waals surface area contributed by atoms with Gasteiger partial charge in [-0.25, -0.2) is 10.6 Å². The van der Waals surface area contributed by atoms with Crippen molar-refractivity contribution in [3.8, 4) is 11.5 Å². The topological polar surface area (TPSA) is 102 Å². The number of rotatable bonds is 5. The molecular formula is C24H32N4O3. The van der Waals surface area contributed by atoms with Crippen molar-refractivity contribution in [2.24, 2.45) is 11.8 Å². The van der Waals surface area contributed by atoms with Crippen molar-refractivity contribution in [1.82, 2.24) is 5.43 Å². The lowest BCUT2D eigenvalue weighted by atomic mass is 9.97. The first-order valence-corrected chi connectivity index (χ1v) is 10.6. The Kier molecular flexibility index (Phi) is 6.75. The number of piperidine rings is 1. The molecule has 5 N–H and O–H groups in total. The highest BCUT2D eigenvalue weighted by molar-refractivity contribution is 6.05. The summed E-state index contributed by atoms with van der Waals surface area (Å²) in [6.07, 6.45) is 2.33. The summed E-state index contributed by atoms with van der Waals surface area (Å²) in [7, 11) is 0. The molecule has 0 atom stereocenters. The predicted molar refractivity (Wildman–Crippen MR) is 125 cm³/mol. The molecule has 0 aromatic heterocycles. The fourth-order valence-corrected chi connectivity index (χ4v) is 3.95. The monoisotopic (exact) mass is 424 g/mol. The standard InChI is InChI=1S/C24H32N4O3/c1-15(2)20-13-21(23(30)14-22(20)29)17(4)28(24(31)26-25)19-7-5-18(6-8-19)27-11-9-16(3)10-12-27/h5-8,13-16,29-30H,4,9-12,25H2,1-3H3,(H,26,31). The van der Waals surface area contributed by atoms with Crippen molar-refractivity contribution in [3.05, 3.63) is 54.1 Å². The van der Waals surface area contributed by atoms with E-state index in [2.05, 4.69) is 23.8 Å². The third kappa shape index (κ3) is 4.77. The number of phenols is 2. The van der Waals surface area contributed by atoms with Gasteiger partial charge in [0.25, 0.3) is 0 Å². The van der Waals surface area contributed by atoms with E-state index in [9.17, 15) is 15.0 Å².